The van der Waals surface area contributed by atoms with E-state index in [9.17, 15) is 0 Å². The number of terminal acetylenes is 1. The summed E-state index contributed by atoms with van der Waals surface area (Å²) in [7, 11) is 1.70. The summed E-state index contributed by atoms with van der Waals surface area (Å²) in [6.45, 7) is 3.81. The van der Waals surface area contributed by atoms with Crippen molar-refractivity contribution in [1.29, 1.82) is 0 Å². The molecule has 1 fully saturated rings. The van der Waals surface area contributed by atoms with E-state index in [1.165, 1.54) is 12.8 Å². The fourth-order valence-corrected chi connectivity index (χ4v) is 2.35. The van der Waals surface area contributed by atoms with Gasteiger partial charge in [-0.2, -0.15) is 0 Å². The molecule has 1 saturated heterocycles. The summed E-state index contributed by atoms with van der Waals surface area (Å²) in [6.07, 6.45) is 8.59. The van der Waals surface area contributed by atoms with Crippen molar-refractivity contribution in [3.8, 4) is 12.3 Å². The minimum Gasteiger partial charge on any atom is -0.341 e. The number of piperidine rings is 1. The summed E-state index contributed by atoms with van der Waals surface area (Å²) in [5.74, 6) is 4.45. The van der Waals surface area contributed by atoms with E-state index in [2.05, 4.69) is 15.8 Å². The normalized spacial score (nSPS) is 20.8. The number of hydroxylamine groups is 2. The second-order valence-corrected chi connectivity index (χ2v) is 4.31. The number of rotatable bonds is 2. The van der Waals surface area contributed by atoms with E-state index in [0.29, 0.717) is 5.92 Å². The molecule has 0 saturated carbocycles. The Hall–Kier alpha value is -0.480. The van der Waals surface area contributed by atoms with Crippen LogP contribution in [0.15, 0.2) is 4.99 Å². The van der Waals surface area contributed by atoms with Crippen LogP contribution in [0.1, 0.15) is 19.3 Å². The topological polar surface area (TPSA) is 28.1 Å². The molecule has 0 aromatic carbocycles. The van der Waals surface area contributed by atoms with Gasteiger partial charge in [-0.3, -0.25) is 4.84 Å². The Morgan fingerprint density at radius 3 is 2.71 bits per heavy atom. The van der Waals surface area contributed by atoms with Crippen LogP contribution >= 0.6 is 24.0 Å². The lowest BCUT2D eigenvalue weighted by Crippen LogP contribution is -2.45. The fourth-order valence-electron chi connectivity index (χ4n) is 2.35. The Kier molecular flexibility index (Phi) is 6.06. The molecule has 2 aliphatic heterocycles. The summed E-state index contributed by atoms with van der Waals surface area (Å²) in [5, 5.41) is 1.88. The molecule has 0 bridgehead atoms. The molecule has 0 aromatic heterocycles. The van der Waals surface area contributed by atoms with E-state index >= 15 is 0 Å². The zero-order valence-electron chi connectivity index (χ0n) is 10.3. The van der Waals surface area contributed by atoms with Gasteiger partial charge < -0.3 is 4.90 Å². The van der Waals surface area contributed by atoms with Crippen LogP contribution in [0, 0.1) is 18.3 Å². The largest absolute Gasteiger partial charge is 0.341 e. The van der Waals surface area contributed by atoms with Crippen molar-refractivity contribution in [3.05, 3.63) is 0 Å². The molecule has 2 heterocycles. The average molecular weight is 349 g/mol. The summed E-state index contributed by atoms with van der Waals surface area (Å²) in [4.78, 5) is 12.1. The third-order valence-electron chi connectivity index (χ3n) is 3.30. The summed E-state index contributed by atoms with van der Waals surface area (Å²) < 4.78 is 0. The van der Waals surface area contributed by atoms with Crippen LogP contribution in [0.25, 0.3) is 0 Å². The molecule has 0 atom stereocenters. The summed E-state index contributed by atoms with van der Waals surface area (Å²) >= 11 is 0. The first-order valence-corrected chi connectivity index (χ1v) is 5.89. The van der Waals surface area contributed by atoms with Crippen molar-refractivity contribution < 1.29 is 4.84 Å². The highest BCUT2D eigenvalue weighted by Crippen LogP contribution is 2.21. The van der Waals surface area contributed by atoms with Crippen molar-refractivity contribution >= 4 is 29.9 Å². The zero-order chi connectivity index (χ0) is 11.4. The maximum Gasteiger partial charge on any atom is 0.221 e. The van der Waals surface area contributed by atoms with Gasteiger partial charge in [-0.25, -0.2) is 10.1 Å². The van der Waals surface area contributed by atoms with Crippen LogP contribution in [0.2, 0.25) is 0 Å². The number of halogens is 1. The van der Waals surface area contributed by atoms with Crippen LogP contribution in [0.4, 0.5) is 0 Å². The molecule has 96 valence electrons. The van der Waals surface area contributed by atoms with Crippen LogP contribution < -0.4 is 0 Å². The van der Waals surface area contributed by atoms with Crippen LogP contribution in [-0.2, 0) is 4.84 Å². The lowest BCUT2D eigenvalue weighted by atomic mass is 9.94. The van der Waals surface area contributed by atoms with Crippen molar-refractivity contribution in [3.63, 3.8) is 0 Å². The van der Waals surface area contributed by atoms with Gasteiger partial charge in [0.15, 0.2) is 0 Å². The van der Waals surface area contributed by atoms with Crippen LogP contribution in [0.3, 0.4) is 0 Å². The highest BCUT2D eigenvalue weighted by Gasteiger charge is 2.26. The number of hydrogen-bond donors (Lipinski definition) is 0. The van der Waals surface area contributed by atoms with Crippen molar-refractivity contribution in [1.82, 2.24) is 9.96 Å². The third-order valence-corrected chi connectivity index (χ3v) is 3.30. The average Bonchev–Trinajstić information content (AvgIpc) is 2.78. The number of hydrogen-bond acceptors (Lipinski definition) is 4. The first-order valence-electron chi connectivity index (χ1n) is 5.89. The molecule has 0 N–H and O–H groups in total. The van der Waals surface area contributed by atoms with E-state index < -0.39 is 0 Å². The van der Waals surface area contributed by atoms with E-state index in [1.807, 2.05) is 5.06 Å². The van der Waals surface area contributed by atoms with E-state index in [0.717, 1.165) is 38.6 Å². The Balaban J connectivity index is 0.00000144. The van der Waals surface area contributed by atoms with E-state index in [1.54, 1.807) is 7.11 Å². The smallest absolute Gasteiger partial charge is 0.221 e. The molecule has 0 aromatic rings. The molecule has 0 amide bonds. The molecule has 0 unspecified atom stereocenters. The third kappa shape index (κ3) is 3.49. The number of nitrogens with zero attached hydrogens (tertiary/aromatic N) is 3. The van der Waals surface area contributed by atoms with Gasteiger partial charge in [0.05, 0.1) is 20.2 Å². The predicted octanol–water partition coefficient (Wildman–Crippen LogP) is 1.57. The Morgan fingerprint density at radius 2 is 2.12 bits per heavy atom. The summed E-state index contributed by atoms with van der Waals surface area (Å²) in [5.41, 5.74) is 0. The first-order chi connectivity index (χ1) is 7.85. The van der Waals surface area contributed by atoms with Crippen molar-refractivity contribution in [2.75, 3.05) is 33.3 Å². The van der Waals surface area contributed by atoms with Gasteiger partial charge in [-0.15, -0.1) is 36.3 Å². The van der Waals surface area contributed by atoms with E-state index in [-0.39, 0.29) is 24.0 Å². The van der Waals surface area contributed by atoms with Gasteiger partial charge in [0.1, 0.15) is 0 Å². The highest BCUT2D eigenvalue weighted by molar-refractivity contribution is 14.0. The van der Waals surface area contributed by atoms with Gasteiger partial charge in [0.25, 0.3) is 0 Å². The molecule has 0 aliphatic carbocycles. The molecule has 0 spiro atoms. The zero-order valence-corrected chi connectivity index (χ0v) is 12.6. The van der Waals surface area contributed by atoms with Crippen molar-refractivity contribution in [2.24, 2.45) is 10.9 Å². The van der Waals surface area contributed by atoms with Crippen molar-refractivity contribution in [2.45, 2.75) is 19.3 Å². The first kappa shape index (κ1) is 14.6. The molecular formula is C12H20IN3O. The van der Waals surface area contributed by atoms with Crippen LogP contribution in [0.5, 0.6) is 0 Å². The summed E-state index contributed by atoms with van der Waals surface area (Å²) in [6, 6.07) is 0. The maximum absolute atomic E-state index is 5.34. The second-order valence-electron chi connectivity index (χ2n) is 4.31. The van der Waals surface area contributed by atoms with Gasteiger partial charge in [-0.05, 0) is 18.8 Å². The van der Waals surface area contributed by atoms with E-state index in [4.69, 9.17) is 11.3 Å². The molecule has 17 heavy (non-hydrogen) atoms. The maximum atomic E-state index is 5.34. The van der Waals surface area contributed by atoms with Gasteiger partial charge in [0.2, 0.25) is 5.96 Å². The highest BCUT2D eigenvalue weighted by atomic mass is 127. The number of aliphatic imine (C=N–C) groups is 1. The lowest BCUT2D eigenvalue weighted by molar-refractivity contribution is -0.0662. The molecule has 2 aliphatic rings. The SMILES string of the molecule is C#CCC1CCN(C2=NCCN2OC)CC1.I. The molecule has 5 heteroatoms. The number of guanidine groups is 1. The van der Waals surface area contributed by atoms with Crippen LogP contribution in [-0.4, -0.2) is 49.2 Å². The standard InChI is InChI=1S/C12H19N3O.HI/c1-3-4-11-5-8-14(9-6-11)12-13-7-10-15(12)16-2;/h1,11H,4-10H2,2H3;1H. The second kappa shape index (κ2) is 7.07. The minimum absolute atomic E-state index is 0. The molecule has 4 nitrogen and oxygen atoms in total. The minimum atomic E-state index is 0. The Bertz CT molecular complexity index is 305. The Morgan fingerprint density at radius 1 is 1.41 bits per heavy atom. The molecular weight excluding hydrogens is 329 g/mol. The molecule has 0 radical (unpaired) electrons. The quantitative estimate of drug-likeness (QED) is 0.560. The fraction of sp³-hybridized carbons (Fsp3) is 0.750. The predicted molar refractivity (Wildman–Crippen MR) is 79.2 cm³/mol. The van der Waals surface area contributed by atoms with Gasteiger partial charge in [-0.1, -0.05) is 0 Å². The number of likely N-dealkylation sites (tertiary alicyclic amines) is 1. The van der Waals surface area contributed by atoms with Gasteiger partial charge in [0, 0.05) is 19.5 Å². The monoisotopic (exact) mass is 349 g/mol. The molecule has 2 rings (SSSR count). The van der Waals surface area contributed by atoms with Gasteiger partial charge >= 0.3 is 0 Å². The Labute approximate surface area is 120 Å². The lowest BCUT2D eigenvalue weighted by Gasteiger charge is -2.35.